The maximum Gasteiger partial charge on any atom is 0.261 e. The Labute approximate surface area is 197 Å². The molecule has 1 N–H and O–H groups in total. The largest absolute Gasteiger partial charge is 0.497 e. The van der Waals surface area contributed by atoms with Crippen molar-refractivity contribution in [3.8, 4) is 11.5 Å². The molecule has 0 radical (unpaired) electrons. The zero-order valence-corrected chi connectivity index (χ0v) is 19.0. The molecule has 3 aromatic carbocycles. The first-order valence-corrected chi connectivity index (χ1v) is 11.1. The average Bonchev–Trinajstić information content (AvgIpc) is 3.09. The Morgan fingerprint density at radius 2 is 1.79 bits per heavy atom. The van der Waals surface area contributed by atoms with Crippen molar-refractivity contribution in [1.82, 2.24) is 10.2 Å². The van der Waals surface area contributed by atoms with Gasteiger partial charge in [0.1, 0.15) is 11.5 Å². The van der Waals surface area contributed by atoms with E-state index >= 15 is 0 Å². The van der Waals surface area contributed by atoms with Gasteiger partial charge in [0, 0.05) is 17.5 Å². The Kier molecular flexibility index (Phi) is 5.53. The first-order chi connectivity index (χ1) is 16.4. The van der Waals surface area contributed by atoms with Gasteiger partial charge in [0.2, 0.25) is 0 Å². The van der Waals surface area contributed by atoms with Gasteiger partial charge in [-0.2, -0.15) is 0 Å². The van der Waals surface area contributed by atoms with Crippen LogP contribution >= 0.6 is 0 Å². The molecule has 2 heterocycles. The van der Waals surface area contributed by atoms with Crippen LogP contribution in [0.5, 0.6) is 11.5 Å². The number of fused-ring (bicyclic) bond motifs is 2. The number of aryl methyl sites for hydroxylation is 1. The number of methoxy groups -OCH3 is 1. The summed E-state index contributed by atoms with van der Waals surface area (Å²) >= 11 is 0. The van der Waals surface area contributed by atoms with Crippen molar-refractivity contribution in [2.75, 3.05) is 13.7 Å². The molecule has 34 heavy (non-hydrogen) atoms. The van der Waals surface area contributed by atoms with Crippen LogP contribution in [0.2, 0.25) is 0 Å². The Hall–Kier alpha value is -4.13. The minimum Gasteiger partial charge on any atom is -0.497 e. The molecule has 7 nitrogen and oxygen atoms in total. The SMILES string of the molecule is COc1ccc(CN2C(=O)c3ccc(C(=O)NC4CCOc5ccc(C)cc54)cc3C2=O)cc1. The number of carbonyl (C=O) groups is 3. The summed E-state index contributed by atoms with van der Waals surface area (Å²) in [5.41, 5.74) is 3.73. The van der Waals surface area contributed by atoms with Crippen molar-refractivity contribution in [2.24, 2.45) is 0 Å². The smallest absolute Gasteiger partial charge is 0.261 e. The summed E-state index contributed by atoms with van der Waals surface area (Å²) in [6, 6.07) is 17.6. The molecule has 0 aliphatic carbocycles. The third-order valence-corrected chi connectivity index (χ3v) is 6.24. The van der Waals surface area contributed by atoms with Crippen LogP contribution in [0.1, 0.15) is 60.2 Å². The summed E-state index contributed by atoms with van der Waals surface area (Å²) in [7, 11) is 1.58. The molecule has 0 saturated carbocycles. The third-order valence-electron chi connectivity index (χ3n) is 6.24. The lowest BCUT2D eigenvalue weighted by atomic mass is 9.98. The number of amides is 3. The van der Waals surface area contributed by atoms with Crippen LogP contribution in [0, 0.1) is 6.92 Å². The highest BCUT2D eigenvalue weighted by atomic mass is 16.5. The molecular weight excluding hydrogens is 432 g/mol. The second-order valence-electron chi connectivity index (χ2n) is 8.51. The van der Waals surface area contributed by atoms with Crippen LogP contribution in [0.4, 0.5) is 0 Å². The number of nitrogens with one attached hydrogen (secondary N) is 1. The lowest BCUT2D eigenvalue weighted by molar-refractivity contribution is 0.0642. The van der Waals surface area contributed by atoms with Gasteiger partial charge in [-0.3, -0.25) is 19.3 Å². The van der Waals surface area contributed by atoms with E-state index in [-0.39, 0.29) is 30.0 Å². The molecule has 1 unspecified atom stereocenters. The lowest BCUT2D eigenvalue weighted by Crippen LogP contribution is -2.32. The van der Waals surface area contributed by atoms with E-state index in [1.54, 1.807) is 31.4 Å². The molecule has 2 aliphatic rings. The fourth-order valence-corrected chi connectivity index (χ4v) is 4.39. The fraction of sp³-hybridized carbons (Fsp3) is 0.222. The van der Waals surface area contributed by atoms with E-state index in [9.17, 15) is 14.4 Å². The monoisotopic (exact) mass is 456 g/mol. The van der Waals surface area contributed by atoms with Gasteiger partial charge >= 0.3 is 0 Å². The highest BCUT2D eigenvalue weighted by Crippen LogP contribution is 2.33. The van der Waals surface area contributed by atoms with E-state index in [1.807, 2.05) is 37.3 Å². The second-order valence-corrected chi connectivity index (χ2v) is 8.51. The van der Waals surface area contributed by atoms with Gasteiger partial charge in [0.15, 0.2) is 0 Å². The van der Waals surface area contributed by atoms with Crippen LogP contribution < -0.4 is 14.8 Å². The number of ether oxygens (including phenoxy) is 2. The van der Waals surface area contributed by atoms with Gasteiger partial charge in [-0.15, -0.1) is 0 Å². The molecule has 0 bridgehead atoms. The molecule has 3 aromatic rings. The van der Waals surface area contributed by atoms with E-state index in [2.05, 4.69) is 5.32 Å². The van der Waals surface area contributed by atoms with Crippen LogP contribution in [0.25, 0.3) is 0 Å². The fourth-order valence-electron chi connectivity index (χ4n) is 4.39. The van der Waals surface area contributed by atoms with Crippen molar-refractivity contribution in [2.45, 2.75) is 25.9 Å². The predicted molar refractivity (Wildman–Crippen MR) is 125 cm³/mol. The van der Waals surface area contributed by atoms with Gasteiger partial charge in [-0.25, -0.2) is 0 Å². The topological polar surface area (TPSA) is 84.9 Å². The summed E-state index contributed by atoms with van der Waals surface area (Å²) in [5, 5.41) is 3.06. The van der Waals surface area contributed by atoms with E-state index in [1.165, 1.54) is 11.0 Å². The number of imide groups is 1. The van der Waals surface area contributed by atoms with Gasteiger partial charge in [-0.1, -0.05) is 29.8 Å². The summed E-state index contributed by atoms with van der Waals surface area (Å²) in [6.07, 6.45) is 0.653. The number of nitrogens with zero attached hydrogens (tertiary/aromatic N) is 1. The summed E-state index contributed by atoms with van der Waals surface area (Å²) in [4.78, 5) is 40.2. The molecule has 1 atom stereocenters. The molecule has 2 aliphatic heterocycles. The average molecular weight is 456 g/mol. The van der Waals surface area contributed by atoms with E-state index in [0.717, 1.165) is 22.4 Å². The normalized spacial score (nSPS) is 16.5. The molecule has 0 saturated heterocycles. The van der Waals surface area contributed by atoms with Crippen molar-refractivity contribution < 1.29 is 23.9 Å². The molecule has 0 aromatic heterocycles. The Balaban J connectivity index is 1.34. The quantitative estimate of drug-likeness (QED) is 0.586. The first-order valence-electron chi connectivity index (χ1n) is 11.1. The third kappa shape index (κ3) is 3.90. The molecule has 5 rings (SSSR count). The predicted octanol–water partition coefficient (Wildman–Crippen LogP) is 4.05. The van der Waals surface area contributed by atoms with Gasteiger partial charge < -0.3 is 14.8 Å². The summed E-state index contributed by atoms with van der Waals surface area (Å²) < 4.78 is 10.9. The van der Waals surface area contributed by atoms with E-state index in [0.29, 0.717) is 29.9 Å². The molecule has 7 heteroatoms. The maximum absolute atomic E-state index is 13.1. The number of benzene rings is 3. The van der Waals surface area contributed by atoms with E-state index in [4.69, 9.17) is 9.47 Å². The van der Waals surface area contributed by atoms with Crippen molar-refractivity contribution in [3.63, 3.8) is 0 Å². The van der Waals surface area contributed by atoms with Crippen LogP contribution in [0.15, 0.2) is 60.7 Å². The van der Waals surface area contributed by atoms with Crippen molar-refractivity contribution in [3.05, 3.63) is 94.0 Å². The van der Waals surface area contributed by atoms with Crippen LogP contribution in [0.3, 0.4) is 0 Å². The van der Waals surface area contributed by atoms with Gasteiger partial charge in [-0.05, 0) is 48.9 Å². The van der Waals surface area contributed by atoms with Crippen molar-refractivity contribution >= 4 is 17.7 Å². The number of hydrogen-bond donors (Lipinski definition) is 1. The second kappa shape index (κ2) is 8.67. The van der Waals surface area contributed by atoms with Crippen molar-refractivity contribution in [1.29, 1.82) is 0 Å². The van der Waals surface area contributed by atoms with Crippen LogP contribution in [-0.4, -0.2) is 36.3 Å². The van der Waals surface area contributed by atoms with Gasteiger partial charge in [0.25, 0.3) is 17.7 Å². The molecule has 3 amide bonds. The number of rotatable bonds is 5. The lowest BCUT2D eigenvalue weighted by Gasteiger charge is -2.27. The Bertz CT molecular complexity index is 1300. The zero-order valence-electron chi connectivity index (χ0n) is 19.0. The Morgan fingerprint density at radius 1 is 1.03 bits per heavy atom. The summed E-state index contributed by atoms with van der Waals surface area (Å²) in [5.74, 6) is 0.403. The molecular formula is C27H24N2O5. The zero-order chi connectivity index (χ0) is 23.8. The molecule has 0 spiro atoms. The standard InChI is InChI=1S/C27H24N2O5/c1-16-3-10-24-22(13-16)23(11-12-34-24)28-25(30)18-6-9-20-21(14-18)27(32)29(26(20)31)15-17-4-7-19(33-2)8-5-17/h3-10,13-14,23H,11-12,15H2,1-2H3,(H,28,30). The maximum atomic E-state index is 13.1. The minimum atomic E-state index is -0.405. The summed E-state index contributed by atoms with van der Waals surface area (Å²) in [6.45, 7) is 2.66. The highest BCUT2D eigenvalue weighted by molar-refractivity contribution is 6.22. The number of hydrogen-bond acceptors (Lipinski definition) is 5. The number of carbonyl (C=O) groups excluding carboxylic acids is 3. The highest BCUT2D eigenvalue weighted by Gasteiger charge is 2.36. The molecule has 0 fully saturated rings. The van der Waals surface area contributed by atoms with Gasteiger partial charge in [0.05, 0.1) is 37.4 Å². The minimum absolute atomic E-state index is 0.149. The Morgan fingerprint density at radius 3 is 2.56 bits per heavy atom. The first kappa shape index (κ1) is 21.7. The van der Waals surface area contributed by atoms with E-state index < -0.39 is 5.91 Å². The molecule has 172 valence electrons. The van der Waals surface area contributed by atoms with Crippen LogP contribution in [-0.2, 0) is 6.54 Å².